The van der Waals surface area contributed by atoms with Gasteiger partial charge in [0.25, 0.3) is 0 Å². The molecule has 1 saturated heterocycles. The van der Waals surface area contributed by atoms with Crippen LogP contribution < -0.4 is 0 Å². The van der Waals surface area contributed by atoms with Crippen molar-refractivity contribution >= 4 is 11.9 Å². The Balaban J connectivity index is 2.00. The fourth-order valence-electron chi connectivity index (χ4n) is 4.29. The van der Waals surface area contributed by atoms with E-state index in [2.05, 4.69) is 6.58 Å². The third kappa shape index (κ3) is 2.60. The van der Waals surface area contributed by atoms with E-state index in [1.165, 1.54) is 6.92 Å². The average molecular weight is 322 g/mol. The molecular formula is C17H22O6. The Bertz CT molecular complexity index is 590. The Morgan fingerprint density at radius 3 is 2.91 bits per heavy atom. The van der Waals surface area contributed by atoms with E-state index in [0.717, 1.165) is 5.57 Å². The normalized spacial score (nSPS) is 42.4. The van der Waals surface area contributed by atoms with Crippen molar-refractivity contribution < 1.29 is 29.3 Å². The van der Waals surface area contributed by atoms with Gasteiger partial charge in [-0.3, -0.25) is 4.79 Å². The summed E-state index contributed by atoms with van der Waals surface area (Å²) in [5.41, 5.74) is -0.0359. The van der Waals surface area contributed by atoms with Crippen LogP contribution in [0.25, 0.3) is 0 Å². The Kier molecular flexibility index (Phi) is 3.84. The van der Waals surface area contributed by atoms with Crippen LogP contribution in [-0.4, -0.2) is 46.6 Å². The standard InChI is InChI=1S/C17H22O6/c1-8-13-12(23-16(8)20)6-10(7-22-9(2)18)11-4-5-17(3,21)14(11)15(13)19/h6,11-15,19,21H,1,4-5,7H2,2-3H3/t11-,12+,13-,14-,15-,17+/m0/s1. The van der Waals surface area contributed by atoms with Crippen molar-refractivity contribution in [2.75, 3.05) is 6.61 Å². The minimum Gasteiger partial charge on any atom is -0.461 e. The third-order valence-corrected chi connectivity index (χ3v) is 5.41. The van der Waals surface area contributed by atoms with Crippen molar-refractivity contribution in [1.29, 1.82) is 0 Å². The second-order valence-electron chi connectivity index (χ2n) is 6.96. The minimum absolute atomic E-state index is 0.0759. The zero-order valence-corrected chi connectivity index (χ0v) is 13.3. The molecule has 126 valence electrons. The molecule has 1 heterocycles. The molecule has 1 saturated carbocycles. The molecule has 3 rings (SSSR count). The highest BCUT2D eigenvalue weighted by molar-refractivity contribution is 5.91. The van der Waals surface area contributed by atoms with Crippen LogP contribution in [0.5, 0.6) is 0 Å². The quantitative estimate of drug-likeness (QED) is 0.442. The lowest BCUT2D eigenvalue weighted by atomic mass is 9.75. The Labute approximate surface area is 134 Å². The molecule has 6 atom stereocenters. The average Bonchev–Trinajstić information content (AvgIpc) is 2.86. The van der Waals surface area contributed by atoms with Gasteiger partial charge >= 0.3 is 11.9 Å². The lowest BCUT2D eigenvalue weighted by Crippen LogP contribution is -2.45. The number of hydrogen-bond acceptors (Lipinski definition) is 6. The Morgan fingerprint density at radius 2 is 2.26 bits per heavy atom. The first-order valence-corrected chi connectivity index (χ1v) is 7.86. The van der Waals surface area contributed by atoms with Crippen molar-refractivity contribution in [2.24, 2.45) is 17.8 Å². The van der Waals surface area contributed by atoms with Gasteiger partial charge in [-0.05, 0) is 37.3 Å². The van der Waals surface area contributed by atoms with Gasteiger partial charge in [0.1, 0.15) is 12.7 Å². The molecule has 0 spiro atoms. The summed E-state index contributed by atoms with van der Waals surface area (Å²) in [4.78, 5) is 23.0. The maximum absolute atomic E-state index is 11.8. The number of rotatable bonds is 2. The van der Waals surface area contributed by atoms with E-state index in [-0.39, 0.29) is 18.1 Å². The van der Waals surface area contributed by atoms with E-state index in [1.807, 2.05) is 0 Å². The highest BCUT2D eigenvalue weighted by Gasteiger charge is 2.56. The van der Waals surface area contributed by atoms with Gasteiger partial charge in [-0.25, -0.2) is 4.79 Å². The fourth-order valence-corrected chi connectivity index (χ4v) is 4.29. The molecular weight excluding hydrogens is 300 g/mol. The number of aliphatic hydroxyl groups is 2. The number of aliphatic hydroxyl groups excluding tert-OH is 1. The molecule has 0 bridgehead atoms. The number of hydrogen-bond donors (Lipinski definition) is 2. The summed E-state index contributed by atoms with van der Waals surface area (Å²) in [6.45, 7) is 6.85. The first-order valence-electron chi connectivity index (χ1n) is 7.86. The summed E-state index contributed by atoms with van der Waals surface area (Å²) < 4.78 is 10.4. The SMILES string of the molecule is C=C1C(=O)O[C@@H]2C=C(COC(C)=O)[C@@H]3CC[C@@](C)(O)[C@@H]3[C@@H](O)[C@@H]12. The van der Waals surface area contributed by atoms with Crippen LogP contribution in [0.4, 0.5) is 0 Å². The van der Waals surface area contributed by atoms with Crippen LogP contribution in [0, 0.1) is 17.8 Å². The zero-order valence-electron chi connectivity index (χ0n) is 13.3. The fraction of sp³-hybridized carbons (Fsp3) is 0.647. The van der Waals surface area contributed by atoms with E-state index < -0.39 is 41.6 Å². The molecule has 0 aromatic heterocycles. The molecule has 2 aliphatic carbocycles. The first-order chi connectivity index (χ1) is 10.7. The lowest BCUT2D eigenvalue weighted by molar-refractivity contribution is -0.140. The predicted molar refractivity (Wildman–Crippen MR) is 80.1 cm³/mol. The monoisotopic (exact) mass is 322 g/mol. The maximum atomic E-state index is 11.8. The predicted octanol–water partition coefficient (Wildman–Crippen LogP) is 0.725. The van der Waals surface area contributed by atoms with Crippen molar-refractivity contribution in [3.8, 4) is 0 Å². The van der Waals surface area contributed by atoms with Gasteiger partial charge in [0.15, 0.2) is 0 Å². The van der Waals surface area contributed by atoms with Crippen molar-refractivity contribution in [3.63, 3.8) is 0 Å². The van der Waals surface area contributed by atoms with Crippen LogP contribution in [0.2, 0.25) is 0 Å². The molecule has 0 amide bonds. The molecule has 6 heteroatoms. The summed E-state index contributed by atoms with van der Waals surface area (Å²) in [7, 11) is 0. The van der Waals surface area contributed by atoms with Crippen molar-refractivity contribution in [1.82, 2.24) is 0 Å². The van der Waals surface area contributed by atoms with Crippen molar-refractivity contribution in [2.45, 2.75) is 44.5 Å². The summed E-state index contributed by atoms with van der Waals surface area (Å²) in [5.74, 6) is -2.07. The van der Waals surface area contributed by atoms with Gasteiger partial charge < -0.3 is 19.7 Å². The zero-order chi connectivity index (χ0) is 16.9. The number of carbonyl (C=O) groups excluding carboxylic acids is 2. The molecule has 0 aromatic rings. The number of fused-ring (bicyclic) bond motifs is 2. The van der Waals surface area contributed by atoms with Crippen LogP contribution in [0.15, 0.2) is 23.8 Å². The first kappa shape index (κ1) is 16.2. The minimum atomic E-state index is -1.06. The number of carbonyl (C=O) groups is 2. The van der Waals surface area contributed by atoms with Crippen LogP contribution in [0.1, 0.15) is 26.7 Å². The van der Waals surface area contributed by atoms with Crippen LogP contribution in [-0.2, 0) is 19.1 Å². The van der Waals surface area contributed by atoms with Gasteiger partial charge in [0, 0.05) is 18.4 Å². The molecule has 0 radical (unpaired) electrons. The van der Waals surface area contributed by atoms with Gasteiger partial charge in [-0.15, -0.1) is 0 Å². The number of ether oxygens (including phenoxy) is 2. The summed E-state index contributed by atoms with van der Waals surface area (Å²) in [5, 5.41) is 21.6. The molecule has 2 N–H and O–H groups in total. The third-order valence-electron chi connectivity index (χ3n) is 5.41. The summed E-state index contributed by atoms with van der Waals surface area (Å²) in [6.07, 6.45) is 1.42. The van der Waals surface area contributed by atoms with Gasteiger partial charge in [-0.2, -0.15) is 0 Å². The summed E-state index contributed by atoms with van der Waals surface area (Å²) >= 11 is 0. The van der Waals surface area contributed by atoms with Crippen LogP contribution in [0.3, 0.4) is 0 Å². The molecule has 6 nitrogen and oxygen atoms in total. The highest BCUT2D eigenvalue weighted by Crippen LogP contribution is 2.51. The lowest BCUT2D eigenvalue weighted by Gasteiger charge is -2.35. The highest BCUT2D eigenvalue weighted by atomic mass is 16.6. The Morgan fingerprint density at radius 1 is 1.57 bits per heavy atom. The Hall–Kier alpha value is -1.66. The van der Waals surface area contributed by atoms with E-state index in [4.69, 9.17) is 9.47 Å². The second kappa shape index (κ2) is 5.46. The number of esters is 2. The molecule has 1 aliphatic heterocycles. The van der Waals surface area contributed by atoms with Gasteiger partial charge in [0.2, 0.25) is 0 Å². The second-order valence-corrected chi connectivity index (χ2v) is 6.96. The summed E-state index contributed by atoms with van der Waals surface area (Å²) in [6, 6.07) is 0. The van der Waals surface area contributed by atoms with Gasteiger partial charge in [-0.1, -0.05) is 6.58 Å². The molecule has 3 aliphatic rings. The largest absolute Gasteiger partial charge is 0.461 e. The van der Waals surface area contributed by atoms with E-state index in [9.17, 15) is 19.8 Å². The molecule has 23 heavy (non-hydrogen) atoms. The van der Waals surface area contributed by atoms with E-state index in [0.29, 0.717) is 12.8 Å². The smallest absolute Gasteiger partial charge is 0.334 e. The van der Waals surface area contributed by atoms with E-state index >= 15 is 0 Å². The molecule has 0 aromatic carbocycles. The van der Waals surface area contributed by atoms with Crippen LogP contribution >= 0.6 is 0 Å². The van der Waals surface area contributed by atoms with Gasteiger partial charge in [0.05, 0.1) is 17.6 Å². The topological polar surface area (TPSA) is 93.1 Å². The molecule has 0 unspecified atom stereocenters. The van der Waals surface area contributed by atoms with Crippen molar-refractivity contribution in [3.05, 3.63) is 23.8 Å². The molecule has 2 fully saturated rings. The maximum Gasteiger partial charge on any atom is 0.334 e. The van der Waals surface area contributed by atoms with E-state index in [1.54, 1.807) is 13.0 Å².